The van der Waals surface area contributed by atoms with E-state index in [-0.39, 0.29) is 6.10 Å². The summed E-state index contributed by atoms with van der Waals surface area (Å²) in [4.78, 5) is 0. The normalized spacial score (nSPS) is 33.4. The summed E-state index contributed by atoms with van der Waals surface area (Å²) in [6, 6.07) is 2.58. The second-order valence-corrected chi connectivity index (χ2v) is 6.81. The highest BCUT2D eigenvalue weighted by Crippen LogP contribution is 2.34. The summed E-state index contributed by atoms with van der Waals surface area (Å²) in [5.41, 5.74) is 2.45. The van der Waals surface area contributed by atoms with Gasteiger partial charge in [0.05, 0.1) is 6.10 Å². The fourth-order valence-corrected chi connectivity index (χ4v) is 4.37. The van der Waals surface area contributed by atoms with Crippen LogP contribution in [0.4, 0.5) is 0 Å². The SMILES string of the molecule is O=S1CCC(n2ccc3c2CCCC3O)CC1. The molecule has 0 aromatic carbocycles. The minimum absolute atomic E-state index is 0.266. The van der Waals surface area contributed by atoms with Gasteiger partial charge >= 0.3 is 0 Å². The van der Waals surface area contributed by atoms with Gasteiger partial charge in [0.1, 0.15) is 0 Å². The van der Waals surface area contributed by atoms with Crippen molar-refractivity contribution >= 4 is 10.8 Å². The van der Waals surface area contributed by atoms with Gasteiger partial charge in [0.2, 0.25) is 0 Å². The van der Waals surface area contributed by atoms with Gasteiger partial charge in [-0.05, 0) is 38.2 Å². The van der Waals surface area contributed by atoms with Crippen molar-refractivity contribution in [3.63, 3.8) is 0 Å². The van der Waals surface area contributed by atoms with Crippen LogP contribution in [0.5, 0.6) is 0 Å². The van der Waals surface area contributed by atoms with Crippen molar-refractivity contribution < 1.29 is 9.32 Å². The third kappa shape index (κ3) is 2.08. The molecule has 1 aliphatic heterocycles. The largest absolute Gasteiger partial charge is 0.388 e. The number of fused-ring (bicyclic) bond motifs is 1. The van der Waals surface area contributed by atoms with Crippen LogP contribution in [0.25, 0.3) is 0 Å². The van der Waals surface area contributed by atoms with Gasteiger partial charge in [-0.3, -0.25) is 4.21 Å². The minimum Gasteiger partial charge on any atom is -0.388 e. The smallest absolute Gasteiger partial charge is 0.0807 e. The fraction of sp³-hybridized carbons (Fsp3) is 0.692. The number of nitrogens with zero attached hydrogens (tertiary/aromatic N) is 1. The van der Waals surface area contributed by atoms with Crippen LogP contribution in [0.3, 0.4) is 0 Å². The monoisotopic (exact) mass is 253 g/mol. The average Bonchev–Trinajstić information content (AvgIpc) is 2.75. The van der Waals surface area contributed by atoms with Gasteiger partial charge in [-0.2, -0.15) is 0 Å². The predicted octanol–water partition coefficient (Wildman–Crippen LogP) is 1.94. The Kier molecular flexibility index (Phi) is 3.09. The van der Waals surface area contributed by atoms with Crippen molar-refractivity contribution in [3.05, 3.63) is 23.5 Å². The highest BCUT2D eigenvalue weighted by atomic mass is 32.2. The summed E-state index contributed by atoms with van der Waals surface area (Å²) in [7, 11) is -0.594. The Labute approximate surface area is 104 Å². The molecule has 1 N–H and O–H groups in total. The quantitative estimate of drug-likeness (QED) is 0.831. The molecule has 0 radical (unpaired) electrons. The Morgan fingerprint density at radius 1 is 1.29 bits per heavy atom. The molecule has 17 heavy (non-hydrogen) atoms. The Morgan fingerprint density at radius 3 is 2.82 bits per heavy atom. The van der Waals surface area contributed by atoms with E-state index >= 15 is 0 Å². The summed E-state index contributed by atoms with van der Waals surface area (Å²) in [5.74, 6) is 1.67. The highest BCUT2D eigenvalue weighted by molar-refractivity contribution is 7.85. The van der Waals surface area contributed by atoms with E-state index in [4.69, 9.17) is 0 Å². The van der Waals surface area contributed by atoms with Crippen LogP contribution in [0.2, 0.25) is 0 Å². The van der Waals surface area contributed by atoms with Gasteiger partial charge in [-0.25, -0.2) is 0 Å². The first-order valence-electron chi connectivity index (χ1n) is 6.48. The molecule has 1 unspecified atom stereocenters. The Bertz CT molecular complexity index is 431. The maximum atomic E-state index is 11.4. The maximum absolute atomic E-state index is 11.4. The van der Waals surface area contributed by atoms with E-state index in [0.717, 1.165) is 49.2 Å². The summed E-state index contributed by atoms with van der Waals surface area (Å²) < 4.78 is 13.7. The number of aliphatic hydroxyl groups excluding tert-OH is 1. The van der Waals surface area contributed by atoms with Crippen molar-refractivity contribution in [1.82, 2.24) is 4.57 Å². The molecule has 3 nitrogen and oxygen atoms in total. The lowest BCUT2D eigenvalue weighted by molar-refractivity contribution is 0.155. The lowest BCUT2D eigenvalue weighted by Crippen LogP contribution is -2.23. The molecule has 1 atom stereocenters. The van der Waals surface area contributed by atoms with Gasteiger partial charge in [-0.1, -0.05) is 0 Å². The van der Waals surface area contributed by atoms with E-state index in [2.05, 4.69) is 16.8 Å². The van der Waals surface area contributed by atoms with Crippen molar-refractivity contribution in [2.24, 2.45) is 0 Å². The molecule has 2 aliphatic rings. The van der Waals surface area contributed by atoms with Gasteiger partial charge in [-0.15, -0.1) is 0 Å². The number of hydrogen-bond donors (Lipinski definition) is 1. The van der Waals surface area contributed by atoms with Gasteiger partial charge in [0.15, 0.2) is 0 Å². The maximum Gasteiger partial charge on any atom is 0.0807 e. The Balaban J connectivity index is 1.86. The number of hydrogen-bond acceptors (Lipinski definition) is 2. The molecule has 1 aliphatic carbocycles. The molecule has 1 fully saturated rings. The van der Waals surface area contributed by atoms with Gasteiger partial charge in [0.25, 0.3) is 0 Å². The molecule has 0 amide bonds. The Morgan fingerprint density at radius 2 is 2.06 bits per heavy atom. The summed E-state index contributed by atoms with van der Waals surface area (Å²) >= 11 is 0. The van der Waals surface area contributed by atoms with Crippen LogP contribution in [0, 0.1) is 0 Å². The molecule has 94 valence electrons. The second kappa shape index (κ2) is 4.58. The number of rotatable bonds is 1. The van der Waals surface area contributed by atoms with Gasteiger partial charge < -0.3 is 9.67 Å². The lowest BCUT2D eigenvalue weighted by Gasteiger charge is -2.27. The third-order valence-corrected chi connectivity index (χ3v) is 5.44. The van der Waals surface area contributed by atoms with E-state index in [0.29, 0.717) is 6.04 Å². The lowest BCUT2D eigenvalue weighted by atomic mass is 9.95. The first kappa shape index (κ1) is 11.5. The number of aromatic nitrogens is 1. The van der Waals surface area contributed by atoms with Crippen molar-refractivity contribution in [2.45, 2.75) is 44.2 Å². The molecular weight excluding hydrogens is 234 g/mol. The van der Waals surface area contributed by atoms with Gasteiger partial charge in [0, 0.05) is 45.8 Å². The van der Waals surface area contributed by atoms with Crippen LogP contribution < -0.4 is 0 Å². The molecule has 3 rings (SSSR count). The third-order valence-electron chi connectivity index (χ3n) is 4.06. The zero-order valence-electron chi connectivity index (χ0n) is 9.97. The zero-order chi connectivity index (χ0) is 11.8. The fourth-order valence-electron chi connectivity index (χ4n) is 3.09. The van der Waals surface area contributed by atoms with E-state index in [1.807, 2.05) is 0 Å². The predicted molar refractivity (Wildman–Crippen MR) is 68.5 cm³/mol. The first-order valence-corrected chi connectivity index (χ1v) is 7.97. The minimum atomic E-state index is -0.594. The molecule has 1 saturated heterocycles. The van der Waals surface area contributed by atoms with Crippen LogP contribution in [0.15, 0.2) is 12.3 Å². The Hall–Kier alpha value is -0.610. The van der Waals surface area contributed by atoms with E-state index in [9.17, 15) is 9.32 Å². The van der Waals surface area contributed by atoms with E-state index in [1.165, 1.54) is 5.69 Å². The van der Waals surface area contributed by atoms with Crippen LogP contribution >= 0.6 is 0 Å². The van der Waals surface area contributed by atoms with Crippen LogP contribution in [-0.4, -0.2) is 25.4 Å². The van der Waals surface area contributed by atoms with Crippen molar-refractivity contribution in [2.75, 3.05) is 11.5 Å². The molecule has 0 bridgehead atoms. The standard InChI is InChI=1S/C13H19NO2S/c15-13-3-1-2-12-11(13)4-7-14(12)10-5-8-17(16)9-6-10/h4,7,10,13,15H,1-3,5-6,8-9H2. The summed E-state index contributed by atoms with van der Waals surface area (Å²) in [6.45, 7) is 0. The topological polar surface area (TPSA) is 42.2 Å². The molecule has 1 aromatic rings. The van der Waals surface area contributed by atoms with Crippen LogP contribution in [-0.2, 0) is 17.2 Å². The summed E-state index contributed by atoms with van der Waals surface area (Å²) in [6.07, 6.45) is 6.95. The zero-order valence-corrected chi connectivity index (χ0v) is 10.8. The first-order chi connectivity index (χ1) is 8.25. The van der Waals surface area contributed by atoms with Crippen molar-refractivity contribution in [1.29, 1.82) is 0 Å². The molecular formula is C13H19NO2S. The second-order valence-electron chi connectivity index (χ2n) is 5.11. The van der Waals surface area contributed by atoms with Crippen molar-refractivity contribution in [3.8, 4) is 0 Å². The number of aliphatic hydroxyl groups is 1. The molecule has 0 spiro atoms. The average molecular weight is 253 g/mol. The molecule has 1 aromatic heterocycles. The van der Waals surface area contributed by atoms with E-state index in [1.54, 1.807) is 0 Å². The highest BCUT2D eigenvalue weighted by Gasteiger charge is 2.26. The molecule has 0 saturated carbocycles. The van der Waals surface area contributed by atoms with E-state index < -0.39 is 10.8 Å². The van der Waals surface area contributed by atoms with Crippen LogP contribution in [0.1, 0.15) is 49.1 Å². The summed E-state index contributed by atoms with van der Waals surface area (Å²) in [5, 5.41) is 9.95. The molecule has 2 heterocycles. The molecule has 4 heteroatoms.